The van der Waals surface area contributed by atoms with Gasteiger partial charge in [0.2, 0.25) is 0 Å². The summed E-state index contributed by atoms with van der Waals surface area (Å²) in [6.45, 7) is 7.46. The number of alkyl halides is 3. The summed E-state index contributed by atoms with van der Waals surface area (Å²) in [7, 11) is 0. The lowest BCUT2D eigenvalue weighted by Crippen LogP contribution is -2.21. The second kappa shape index (κ2) is 12.0. The number of hydrogen-bond acceptors (Lipinski definition) is 5. The van der Waals surface area contributed by atoms with Crippen molar-refractivity contribution in [3.05, 3.63) is 105 Å². The summed E-state index contributed by atoms with van der Waals surface area (Å²) in [4.78, 5) is 29.7. The second-order valence-corrected chi connectivity index (χ2v) is 12.1. The molecule has 1 aliphatic rings. The van der Waals surface area contributed by atoms with Gasteiger partial charge in [-0.3, -0.25) is 14.6 Å². The molecule has 0 fully saturated rings. The molecule has 0 atom stereocenters. The molecule has 0 bridgehead atoms. The molecule has 234 valence electrons. The van der Waals surface area contributed by atoms with Crippen molar-refractivity contribution in [1.82, 2.24) is 9.55 Å². The molecule has 3 heterocycles. The number of benzene rings is 3. The van der Waals surface area contributed by atoms with Gasteiger partial charge in [0, 0.05) is 35.0 Å². The average Bonchev–Trinajstić information content (AvgIpc) is 2.95. The lowest BCUT2D eigenvalue weighted by atomic mass is 9.87. The number of carboxylic acid groups (broad SMARTS) is 1. The van der Waals surface area contributed by atoms with Crippen molar-refractivity contribution in [1.29, 1.82) is 0 Å². The standard InChI is InChI=1S/C31H23F3N2O4.C4H10O/c1-17-13-24-21(6-8-26(37)36(24)16-18-3-2-4-20(14-18)31(32,33)34)29(23(17)15-27(38)39)22-5-7-25-28-19(10-12-40-25)9-11-35-30(22)28;1-4(2,3)5/h2-9,11,13-14H,10,12,15-16H2,1H3,(H,38,39);5H,1-3H3. The zero-order valence-corrected chi connectivity index (χ0v) is 25.3. The number of aromatic nitrogens is 2. The van der Waals surface area contributed by atoms with Gasteiger partial charge in [0.15, 0.2) is 0 Å². The number of pyridine rings is 2. The molecule has 0 amide bonds. The molecule has 2 N–H and O–H groups in total. The summed E-state index contributed by atoms with van der Waals surface area (Å²) in [5, 5.41) is 19.8. The second-order valence-electron chi connectivity index (χ2n) is 12.1. The van der Waals surface area contributed by atoms with Crippen LogP contribution in [0.4, 0.5) is 13.2 Å². The maximum absolute atomic E-state index is 13.4. The molecule has 0 saturated heterocycles. The summed E-state index contributed by atoms with van der Waals surface area (Å²) in [6.07, 6.45) is -2.35. The number of fused-ring (bicyclic) bond motifs is 1. The van der Waals surface area contributed by atoms with Crippen LogP contribution in [0, 0.1) is 6.92 Å². The Morgan fingerprint density at radius 3 is 2.47 bits per heavy atom. The number of rotatable bonds is 5. The number of hydrogen-bond donors (Lipinski definition) is 2. The number of carbonyl (C=O) groups is 1. The third kappa shape index (κ3) is 6.86. The van der Waals surface area contributed by atoms with Crippen LogP contribution in [0.5, 0.6) is 5.75 Å². The van der Waals surface area contributed by atoms with E-state index in [1.165, 1.54) is 16.7 Å². The molecule has 10 heteroatoms. The minimum atomic E-state index is -4.51. The number of nitrogens with zero attached hydrogens (tertiary/aromatic N) is 2. The Morgan fingerprint density at radius 2 is 1.78 bits per heavy atom. The van der Waals surface area contributed by atoms with E-state index in [1.54, 1.807) is 52.1 Å². The van der Waals surface area contributed by atoms with E-state index >= 15 is 0 Å². The first kappa shape index (κ1) is 31.7. The molecule has 6 rings (SSSR count). The average molecular weight is 619 g/mol. The van der Waals surface area contributed by atoms with Gasteiger partial charge in [-0.05, 0) is 98.0 Å². The summed E-state index contributed by atoms with van der Waals surface area (Å²) >= 11 is 0. The zero-order valence-electron chi connectivity index (χ0n) is 25.3. The summed E-state index contributed by atoms with van der Waals surface area (Å²) in [5.74, 6) is -0.314. The first-order valence-electron chi connectivity index (χ1n) is 14.4. The first-order valence-corrected chi connectivity index (χ1v) is 14.4. The molecule has 0 aliphatic carbocycles. The highest BCUT2D eigenvalue weighted by atomic mass is 19.4. The minimum absolute atomic E-state index is 0.0901. The monoisotopic (exact) mass is 618 g/mol. The van der Waals surface area contributed by atoms with Gasteiger partial charge < -0.3 is 19.5 Å². The number of aliphatic carboxylic acids is 1. The molecule has 45 heavy (non-hydrogen) atoms. The molecular weight excluding hydrogens is 585 g/mol. The molecule has 2 aromatic heterocycles. The van der Waals surface area contributed by atoms with Crippen LogP contribution in [0.25, 0.3) is 32.9 Å². The number of aliphatic hydroxyl groups is 1. The maximum atomic E-state index is 13.4. The van der Waals surface area contributed by atoms with Gasteiger partial charge in [-0.1, -0.05) is 12.1 Å². The van der Waals surface area contributed by atoms with Crippen LogP contribution in [0.3, 0.4) is 0 Å². The number of carboxylic acids is 1. The highest BCUT2D eigenvalue weighted by Gasteiger charge is 2.30. The maximum Gasteiger partial charge on any atom is 0.416 e. The Bertz CT molecular complexity index is 1970. The minimum Gasteiger partial charge on any atom is -0.493 e. The molecule has 1 aliphatic heterocycles. The number of halogens is 3. The van der Waals surface area contributed by atoms with Gasteiger partial charge in [0.25, 0.3) is 5.56 Å². The van der Waals surface area contributed by atoms with Crippen LogP contribution in [0.2, 0.25) is 0 Å². The van der Waals surface area contributed by atoms with Crippen LogP contribution in [-0.4, -0.2) is 37.9 Å². The van der Waals surface area contributed by atoms with Crippen molar-refractivity contribution >= 4 is 27.8 Å². The summed E-state index contributed by atoms with van der Waals surface area (Å²) in [5.41, 5.74) is 3.39. The van der Waals surface area contributed by atoms with Crippen LogP contribution in [0.1, 0.15) is 48.6 Å². The lowest BCUT2D eigenvalue weighted by Gasteiger charge is -2.22. The van der Waals surface area contributed by atoms with Crippen molar-refractivity contribution in [2.45, 2.75) is 58.9 Å². The molecule has 0 radical (unpaired) electrons. The molecule has 7 nitrogen and oxygen atoms in total. The number of ether oxygens (including phenoxy) is 1. The van der Waals surface area contributed by atoms with Gasteiger partial charge in [0.1, 0.15) is 5.75 Å². The predicted octanol–water partition coefficient (Wildman–Crippen LogP) is 6.93. The fourth-order valence-corrected chi connectivity index (χ4v) is 5.59. The normalized spacial score (nSPS) is 12.9. The lowest BCUT2D eigenvalue weighted by molar-refractivity contribution is -0.138. The zero-order chi connectivity index (χ0) is 32.7. The Morgan fingerprint density at radius 1 is 1.04 bits per heavy atom. The van der Waals surface area contributed by atoms with Crippen molar-refractivity contribution in [2.24, 2.45) is 0 Å². The fourth-order valence-electron chi connectivity index (χ4n) is 5.59. The first-order chi connectivity index (χ1) is 21.1. The Kier molecular flexibility index (Phi) is 8.46. The topological polar surface area (TPSA) is 102 Å². The highest BCUT2D eigenvalue weighted by molar-refractivity contribution is 6.08. The molecule has 3 aromatic carbocycles. The van der Waals surface area contributed by atoms with Crippen molar-refractivity contribution in [3.63, 3.8) is 0 Å². The van der Waals surface area contributed by atoms with Gasteiger partial charge in [-0.25, -0.2) is 0 Å². The fraction of sp³-hybridized carbons (Fsp3) is 0.286. The van der Waals surface area contributed by atoms with E-state index in [9.17, 15) is 27.9 Å². The quantitative estimate of drug-likeness (QED) is 0.222. The molecule has 5 aromatic rings. The smallest absolute Gasteiger partial charge is 0.416 e. The summed E-state index contributed by atoms with van der Waals surface area (Å²) in [6, 6.07) is 15.3. The SMILES string of the molecule is CC(C)(C)O.Cc1cc2c(ccc(=O)n2Cc2cccc(C(F)(F)F)c2)c(-c2ccc3c4c(ccnc24)CCO3)c1CC(=O)O. The predicted molar refractivity (Wildman–Crippen MR) is 167 cm³/mol. The largest absolute Gasteiger partial charge is 0.493 e. The van der Waals surface area contributed by atoms with E-state index in [2.05, 4.69) is 4.98 Å². The van der Waals surface area contributed by atoms with E-state index in [0.717, 1.165) is 23.1 Å². The third-order valence-electron chi connectivity index (χ3n) is 7.39. The van der Waals surface area contributed by atoms with Gasteiger partial charge in [0.05, 0.1) is 41.8 Å². The van der Waals surface area contributed by atoms with E-state index in [0.29, 0.717) is 63.0 Å². The van der Waals surface area contributed by atoms with Crippen molar-refractivity contribution < 1.29 is 32.9 Å². The van der Waals surface area contributed by atoms with Crippen molar-refractivity contribution in [3.8, 4) is 16.9 Å². The van der Waals surface area contributed by atoms with E-state index in [4.69, 9.17) is 9.84 Å². The molecule has 0 saturated carbocycles. The van der Waals surface area contributed by atoms with Gasteiger partial charge in [-0.2, -0.15) is 13.2 Å². The third-order valence-corrected chi connectivity index (χ3v) is 7.39. The van der Waals surface area contributed by atoms with Crippen LogP contribution in [-0.2, 0) is 30.4 Å². The van der Waals surface area contributed by atoms with Crippen molar-refractivity contribution in [2.75, 3.05) is 6.61 Å². The Hall–Kier alpha value is -4.70. The molecular formula is C35H33F3N2O5. The summed E-state index contributed by atoms with van der Waals surface area (Å²) < 4.78 is 47.4. The Labute approximate surface area is 257 Å². The molecule has 0 unspecified atom stereocenters. The molecule has 0 spiro atoms. The highest BCUT2D eigenvalue weighted by Crippen LogP contribution is 2.42. The van der Waals surface area contributed by atoms with Gasteiger partial charge in [-0.15, -0.1) is 0 Å². The Balaban J connectivity index is 0.000000743. The van der Waals surface area contributed by atoms with Crippen LogP contribution in [0.15, 0.2) is 71.7 Å². The van der Waals surface area contributed by atoms with Crippen LogP contribution >= 0.6 is 0 Å². The van der Waals surface area contributed by atoms with Crippen LogP contribution < -0.4 is 10.3 Å². The van der Waals surface area contributed by atoms with E-state index in [-0.39, 0.29) is 18.5 Å². The van der Waals surface area contributed by atoms with E-state index in [1.807, 2.05) is 18.2 Å². The number of aryl methyl sites for hydroxylation is 1. The van der Waals surface area contributed by atoms with E-state index < -0.39 is 23.3 Å². The van der Waals surface area contributed by atoms with Gasteiger partial charge >= 0.3 is 12.1 Å².